The van der Waals surface area contributed by atoms with Gasteiger partial charge in [0.25, 0.3) is 0 Å². The Labute approximate surface area is 126 Å². The zero-order valence-electron chi connectivity index (χ0n) is 11.2. The van der Waals surface area contributed by atoms with E-state index in [0.717, 1.165) is 23.2 Å². The minimum atomic E-state index is 0.447. The van der Waals surface area contributed by atoms with Gasteiger partial charge in [0.2, 0.25) is 0 Å². The SMILES string of the molecule is COc1ccc(Br)cc1CNC(C)Cc1cccs1. The number of rotatable bonds is 6. The molecule has 0 spiro atoms. The predicted octanol–water partition coefficient (Wildman–Crippen LogP) is 4.24. The minimum absolute atomic E-state index is 0.447. The highest BCUT2D eigenvalue weighted by atomic mass is 79.9. The maximum Gasteiger partial charge on any atom is 0.123 e. The van der Waals surface area contributed by atoms with Crippen LogP contribution in [0.3, 0.4) is 0 Å². The second kappa shape index (κ2) is 7.08. The lowest BCUT2D eigenvalue weighted by molar-refractivity contribution is 0.405. The van der Waals surface area contributed by atoms with Gasteiger partial charge < -0.3 is 10.1 Å². The average molecular weight is 340 g/mol. The topological polar surface area (TPSA) is 21.3 Å². The Bertz CT molecular complexity index is 513. The van der Waals surface area contributed by atoms with Crippen molar-refractivity contribution in [2.24, 2.45) is 0 Å². The zero-order chi connectivity index (χ0) is 13.7. The van der Waals surface area contributed by atoms with E-state index in [0.29, 0.717) is 6.04 Å². The highest BCUT2D eigenvalue weighted by Gasteiger charge is 2.07. The summed E-state index contributed by atoms with van der Waals surface area (Å²) in [5, 5.41) is 5.67. The van der Waals surface area contributed by atoms with Crippen LogP contribution < -0.4 is 10.1 Å². The molecule has 1 N–H and O–H groups in total. The van der Waals surface area contributed by atoms with E-state index in [-0.39, 0.29) is 0 Å². The smallest absolute Gasteiger partial charge is 0.123 e. The molecule has 2 rings (SSSR count). The molecule has 1 atom stereocenters. The van der Waals surface area contributed by atoms with E-state index < -0.39 is 0 Å². The summed E-state index contributed by atoms with van der Waals surface area (Å²) in [5.74, 6) is 0.930. The fraction of sp³-hybridized carbons (Fsp3) is 0.333. The molecule has 0 aliphatic carbocycles. The van der Waals surface area contributed by atoms with Gasteiger partial charge in [0.1, 0.15) is 5.75 Å². The first-order chi connectivity index (χ1) is 9.19. The molecule has 102 valence electrons. The van der Waals surface area contributed by atoms with E-state index in [1.54, 1.807) is 7.11 Å². The van der Waals surface area contributed by atoms with Gasteiger partial charge in [-0.2, -0.15) is 0 Å². The van der Waals surface area contributed by atoms with Crippen LogP contribution in [0, 0.1) is 0 Å². The lowest BCUT2D eigenvalue weighted by Gasteiger charge is -2.15. The van der Waals surface area contributed by atoms with Crippen LogP contribution in [-0.2, 0) is 13.0 Å². The number of ether oxygens (including phenoxy) is 1. The summed E-state index contributed by atoms with van der Waals surface area (Å²) >= 11 is 5.31. The molecule has 2 aromatic rings. The van der Waals surface area contributed by atoms with Crippen LogP contribution in [0.25, 0.3) is 0 Å². The molecule has 19 heavy (non-hydrogen) atoms. The van der Waals surface area contributed by atoms with Gasteiger partial charge in [0.15, 0.2) is 0 Å². The summed E-state index contributed by atoms with van der Waals surface area (Å²) < 4.78 is 6.46. The number of hydrogen-bond acceptors (Lipinski definition) is 3. The first-order valence-electron chi connectivity index (χ1n) is 6.27. The van der Waals surface area contributed by atoms with Crippen molar-refractivity contribution in [2.75, 3.05) is 7.11 Å². The summed E-state index contributed by atoms with van der Waals surface area (Å²) in [7, 11) is 1.71. The second-order valence-electron chi connectivity index (χ2n) is 4.52. The standard InChI is InChI=1S/C15H18BrNOS/c1-11(8-14-4-3-7-19-14)17-10-12-9-13(16)5-6-15(12)18-2/h3-7,9,11,17H,8,10H2,1-2H3. The monoisotopic (exact) mass is 339 g/mol. The van der Waals surface area contributed by atoms with E-state index in [1.807, 2.05) is 23.5 Å². The second-order valence-corrected chi connectivity index (χ2v) is 6.47. The van der Waals surface area contributed by atoms with Gasteiger partial charge in [-0.3, -0.25) is 0 Å². The largest absolute Gasteiger partial charge is 0.496 e. The lowest BCUT2D eigenvalue weighted by Crippen LogP contribution is -2.27. The molecule has 1 aromatic carbocycles. The maximum absolute atomic E-state index is 5.38. The summed E-state index contributed by atoms with van der Waals surface area (Å²) in [4.78, 5) is 1.42. The molecule has 0 saturated heterocycles. The number of hydrogen-bond donors (Lipinski definition) is 1. The Morgan fingerprint density at radius 1 is 1.37 bits per heavy atom. The molecule has 1 aromatic heterocycles. The van der Waals surface area contributed by atoms with Crippen molar-refractivity contribution < 1.29 is 4.74 Å². The molecule has 0 aliphatic heterocycles. The molecule has 0 radical (unpaired) electrons. The zero-order valence-corrected chi connectivity index (χ0v) is 13.6. The molecule has 0 aliphatic rings. The minimum Gasteiger partial charge on any atom is -0.496 e. The average Bonchev–Trinajstić information content (AvgIpc) is 2.89. The quantitative estimate of drug-likeness (QED) is 0.849. The van der Waals surface area contributed by atoms with Gasteiger partial charge >= 0.3 is 0 Å². The fourth-order valence-electron chi connectivity index (χ4n) is 1.97. The Morgan fingerprint density at radius 3 is 2.89 bits per heavy atom. The highest BCUT2D eigenvalue weighted by molar-refractivity contribution is 9.10. The van der Waals surface area contributed by atoms with Crippen LogP contribution in [-0.4, -0.2) is 13.2 Å². The molecule has 0 bridgehead atoms. The van der Waals surface area contributed by atoms with E-state index in [9.17, 15) is 0 Å². The number of nitrogens with one attached hydrogen (secondary N) is 1. The van der Waals surface area contributed by atoms with Crippen LogP contribution in [0.4, 0.5) is 0 Å². The Hall–Kier alpha value is -0.840. The third-order valence-corrected chi connectivity index (χ3v) is 4.36. The third-order valence-electron chi connectivity index (χ3n) is 2.97. The van der Waals surface area contributed by atoms with Crippen molar-refractivity contribution in [3.63, 3.8) is 0 Å². The number of thiophene rings is 1. The summed E-state index contributed by atoms with van der Waals surface area (Å²) in [6.45, 7) is 3.03. The van der Waals surface area contributed by atoms with Crippen molar-refractivity contribution in [3.05, 3.63) is 50.6 Å². The molecule has 1 unspecified atom stereocenters. The van der Waals surface area contributed by atoms with E-state index >= 15 is 0 Å². The van der Waals surface area contributed by atoms with E-state index in [2.05, 4.69) is 51.7 Å². The maximum atomic E-state index is 5.38. The fourth-order valence-corrected chi connectivity index (χ4v) is 3.22. The van der Waals surface area contributed by atoms with Gasteiger partial charge in [-0.05, 0) is 43.0 Å². The Kier molecular flexibility index (Phi) is 5.43. The van der Waals surface area contributed by atoms with Crippen LogP contribution in [0.1, 0.15) is 17.4 Å². The van der Waals surface area contributed by atoms with Gasteiger partial charge in [0.05, 0.1) is 7.11 Å². The van der Waals surface area contributed by atoms with E-state index in [1.165, 1.54) is 10.4 Å². The highest BCUT2D eigenvalue weighted by Crippen LogP contribution is 2.23. The third kappa shape index (κ3) is 4.34. The first kappa shape index (κ1) is 14.6. The molecular weight excluding hydrogens is 322 g/mol. The summed E-state index contributed by atoms with van der Waals surface area (Å²) in [6, 6.07) is 10.8. The van der Waals surface area contributed by atoms with Gasteiger partial charge in [0, 0.05) is 27.5 Å². The van der Waals surface area contributed by atoms with E-state index in [4.69, 9.17) is 4.74 Å². The van der Waals surface area contributed by atoms with Crippen molar-refractivity contribution in [1.82, 2.24) is 5.32 Å². The molecule has 1 heterocycles. The molecule has 0 amide bonds. The molecule has 4 heteroatoms. The number of methoxy groups -OCH3 is 1. The summed E-state index contributed by atoms with van der Waals surface area (Å²) in [5.41, 5.74) is 1.18. The van der Waals surface area contributed by atoms with Gasteiger partial charge in [-0.15, -0.1) is 11.3 Å². The molecule has 2 nitrogen and oxygen atoms in total. The number of halogens is 1. The predicted molar refractivity (Wildman–Crippen MR) is 85.0 cm³/mol. The normalized spacial score (nSPS) is 12.4. The molecule has 0 saturated carbocycles. The molecule has 0 fully saturated rings. The summed E-state index contributed by atoms with van der Waals surface area (Å²) in [6.07, 6.45) is 1.06. The Morgan fingerprint density at radius 2 is 2.21 bits per heavy atom. The van der Waals surface area contributed by atoms with Crippen molar-refractivity contribution in [3.8, 4) is 5.75 Å². The van der Waals surface area contributed by atoms with Crippen molar-refractivity contribution >= 4 is 27.3 Å². The van der Waals surface area contributed by atoms with Gasteiger partial charge in [-0.1, -0.05) is 22.0 Å². The van der Waals surface area contributed by atoms with Crippen LogP contribution in [0.15, 0.2) is 40.2 Å². The lowest BCUT2D eigenvalue weighted by atomic mass is 10.1. The number of benzene rings is 1. The van der Waals surface area contributed by atoms with Crippen LogP contribution >= 0.6 is 27.3 Å². The first-order valence-corrected chi connectivity index (χ1v) is 7.94. The van der Waals surface area contributed by atoms with Crippen LogP contribution in [0.5, 0.6) is 5.75 Å². The van der Waals surface area contributed by atoms with Gasteiger partial charge in [-0.25, -0.2) is 0 Å². The van der Waals surface area contributed by atoms with Crippen molar-refractivity contribution in [1.29, 1.82) is 0 Å². The Balaban J connectivity index is 1.92. The van der Waals surface area contributed by atoms with Crippen LogP contribution in [0.2, 0.25) is 0 Å². The van der Waals surface area contributed by atoms with Crippen molar-refractivity contribution in [2.45, 2.75) is 25.9 Å². The molecular formula is C15H18BrNOS.